The zero-order valence-corrected chi connectivity index (χ0v) is 21.6. The van der Waals surface area contributed by atoms with Crippen molar-refractivity contribution in [3.63, 3.8) is 0 Å². The van der Waals surface area contributed by atoms with E-state index in [1.165, 1.54) is 31.8 Å². The molecule has 1 fully saturated rings. The number of nitrogens with one attached hydrogen (secondary N) is 3. The van der Waals surface area contributed by atoms with Crippen LogP contribution in [0.4, 0.5) is 0 Å². The fourth-order valence-corrected chi connectivity index (χ4v) is 4.22. The Labute approximate surface area is 214 Å². The van der Waals surface area contributed by atoms with E-state index in [2.05, 4.69) is 27.5 Å². The lowest BCUT2D eigenvalue weighted by Crippen LogP contribution is -2.54. The summed E-state index contributed by atoms with van der Waals surface area (Å²) >= 11 is 1.22. The van der Waals surface area contributed by atoms with E-state index < -0.39 is 35.7 Å². The predicted octanol–water partition coefficient (Wildman–Crippen LogP) is 1.36. The first-order chi connectivity index (χ1) is 17.2. The van der Waals surface area contributed by atoms with Crippen molar-refractivity contribution in [2.45, 2.75) is 44.2 Å². The van der Waals surface area contributed by atoms with E-state index in [0.717, 1.165) is 10.6 Å². The molecule has 0 bridgehead atoms. The summed E-state index contributed by atoms with van der Waals surface area (Å²) in [5, 5.41) is 9.21. The first-order valence-corrected chi connectivity index (χ1v) is 12.2. The summed E-state index contributed by atoms with van der Waals surface area (Å²) < 4.78 is 15.9. The molecule has 1 aromatic heterocycles. The molecule has 0 spiro atoms. The summed E-state index contributed by atoms with van der Waals surface area (Å²) in [6.45, 7) is 7.82. The third-order valence-electron chi connectivity index (χ3n) is 5.68. The summed E-state index contributed by atoms with van der Waals surface area (Å²) in [4.78, 5) is 43.1. The minimum atomic E-state index is -0.990. The largest absolute Gasteiger partial charge is 0.382 e. The first kappa shape index (κ1) is 27.5. The topological polar surface area (TPSA) is 131 Å². The van der Waals surface area contributed by atoms with Crippen molar-refractivity contribution in [1.82, 2.24) is 20.9 Å². The Kier molecular flexibility index (Phi) is 9.32. The quantitative estimate of drug-likeness (QED) is 0.253. The van der Waals surface area contributed by atoms with Crippen molar-refractivity contribution in [2.24, 2.45) is 0 Å². The normalized spacial score (nSPS) is 19.0. The lowest BCUT2D eigenvalue weighted by atomic mass is 9.94. The van der Waals surface area contributed by atoms with Gasteiger partial charge in [0.15, 0.2) is 12.0 Å². The fourth-order valence-electron chi connectivity index (χ4n) is 3.54. The monoisotopic (exact) mass is 516 g/mol. The van der Waals surface area contributed by atoms with Crippen molar-refractivity contribution in [1.29, 1.82) is 0 Å². The molecule has 1 aromatic carbocycles. The summed E-state index contributed by atoms with van der Waals surface area (Å²) in [5.74, 6) is -1.09. The highest BCUT2D eigenvalue weighted by molar-refractivity contribution is 7.13. The van der Waals surface area contributed by atoms with Gasteiger partial charge in [-0.3, -0.25) is 14.4 Å². The molecule has 11 heteroatoms. The second-order valence-corrected chi connectivity index (χ2v) is 9.88. The second-order valence-electron chi connectivity index (χ2n) is 8.64. The number of benzene rings is 1. The summed E-state index contributed by atoms with van der Waals surface area (Å²) in [7, 11) is 2.83. The van der Waals surface area contributed by atoms with Gasteiger partial charge >= 0.3 is 0 Å². The molecule has 1 aliphatic heterocycles. The SMILES string of the molecule is C=C(N[C@@H](Cc1ccccc1)C(=O)[C@@]1(C)CO1)[C@@H](NC(=O)[C@H](COC)NC(=O)c1cnc(C)s1)OC. The average molecular weight is 517 g/mol. The number of ketones is 1. The van der Waals surface area contributed by atoms with Gasteiger partial charge in [-0.15, -0.1) is 11.3 Å². The summed E-state index contributed by atoms with van der Waals surface area (Å²) in [6, 6.07) is 7.92. The third-order valence-corrected chi connectivity index (χ3v) is 6.59. The van der Waals surface area contributed by atoms with E-state index in [0.29, 0.717) is 17.9 Å². The lowest BCUT2D eigenvalue weighted by molar-refractivity contribution is -0.127. The van der Waals surface area contributed by atoms with E-state index >= 15 is 0 Å². The molecule has 0 unspecified atom stereocenters. The number of aryl methyl sites for hydroxylation is 1. The van der Waals surface area contributed by atoms with E-state index in [4.69, 9.17) is 14.2 Å². The molecule has 10 nitrogen and oxygen atoms in total. The zero-order chi connectivity index (χ0) is 26.3. The maximum atomic E-state index is 13.1. The number of Topliss-reactive ketones (excluding diaryl/α,β-unsaturated/α-hetero) is 1. The van der Waals surface area contributed by atoms with E-state index in [1.807, 2.05) is 30.3 Å². The number of thiazole rings is 1. The number of aromatic nitrogens is 1. The molecule has 0 saturated carbocycles. The molecule has 0 radical (unpaired) electrons. The smallest absolute Gasteiger partial charge is 0.263 e. The number of methoxy groups -OCH3 is 2. The highest BCUT2D eigenvalue weighted by Crippen LogP contribution is 2.29. The van der Waals surface area contributed by atoms with Crippen LogP contribution in [-0.4, -0.2) is 73.9 Å². The molecular weight excluding hydrogens is 484 g/mol. The van der Waals surface area contributed by atoms with Crippen molar-refractivity contribution in [2.75, 3.05) is 27.4 Å². The van der Waals surface area contributed by atoms with Gasteiger partial charge in [0.25, 0.3) is 5.91 Å². The Hall–Kier alpha value is -3.12. The highest BCUT2D eigenvalue weighted by atomic mass is 32.1. The van der Waals surface area contributed by atoms with Crippen LogP contribution in [0.5, 0.6) is 0 Å². The Morgan fingerprint density at radius 1 is 1.17 bits per heavy atom. The number of carbonyl (C=O) groups is 3. The van der Waals surface area contributed by atoms with Crippen molar-refractivity contribution < 1.29 is 28.6 Å². The molecule has 2 heterocycles. The minimum Gasteiger partial charge on any atom is -0.382 e. The van der Waals surface area contributed by atoms with Gasteiger partial charge in [0.05, 0.1) is 36.2 Å². The third kappa shape index (κ3) is 7.20. The molecule has 36 heavy (non-hydrogen) atoms. The van der Waals surface area contributed by atoms with E-state index in [9.17, 15) is 14.4 Å². The zero-order valence-electron chi connectivity index (χ0n) is 20.8. The number of carbonyl (C=O) groups excluding carboxylic acids is 3. The van der Waals surface area contributed by atoms with Gasteiger partial charge in [0, 0.05) is 14.2 Å². The van der Waals surface area contributed by atoms with Crippen LogP contribution >= 0.6 is 11.3 Å². The van der Waals surface area contributed by atoms with Crippen LogP contribution in [0.3, 0.4) is 0 Å². The van der Waals surface area contributed by atoms with Crippen LogP contribution in [0.25, 0.3) is 0 Å². The Morgan fingerprint density at radius 2 is 1.86 bits per heavy atom. The Bertz CT molecular complexity index is 1090. The van der Waals surface area contributed by atoms with Gasteiger partial charge in [-0.1, -0.05) is 36.9 Å². The molecule has 2 aromatic rings. The van der Waals surface area contributed by atoms with Gasteiger partial charge in [0.1, 0.15) is 16.5 Å². The fraction of sp³-hybridized carbons (Fsp3) is 0.440. The summed E-state index contributed by atoms with van der Waals surface area (Å²) in [5.41, 5.74) is 0.394. The van der Waals surface area contributed by atoms with Crippen LogP contribution < -0.4 is 16.0 Å². The number of amides is 2. The Balaban J connectivity index is 1.67. The van der Waals surface area contributed by atoms with E-state index in [-0.39, 0.29) is 18.1 Å². The van der Waals surface area contributed by atoms with Crippen molar-refractivity contribution in [3.8, 4) is 0 Å². The van der Waals surface area contributed by atoms with Crippen LogP contribution in [0.1, 0.15) is 27.2 Å². The molecule has 4 atom stereocenters. The first-order valence-electron chi connectivity index (χ1n) is 11.4. The number of hydrogen-bond acceptors (Lipinski definition) is 9. The Morgan fingerprint density at radius 3 is 2.42 bits per heavy atom. The molecule has 2 amide bonds. The number of rotatable bonds is 14. The van der Waals surface area contributed by atoms with Crippen LogP contribution in [0, 0.1) is 6.92 Å². The standard InChI is InChI=1S/C25H32N4O6S/c1-15(27-18(21(30)25(3)14-35-25)11-17-9-7-6-8-10-17)24(34-5)29-22(31)19(13-33-4)28-23(32)20-12-26-16(2)36-20/h6-10,12,18-19,24,27H,1,11,13-14H2,2-5H3,(H,28,32)(H,29,31)/t18-,19-,24-,25+/m0/s1. The van der Waals surface area contributed by atoms with Gasteiger partial charge in [-0.2, -0.15) is 0 Å². The molecule has 1 aliphatic rings. The molecule has 0 aliphatic carbocycles. The predicted molar refractivity (Wildman–Crippen MR) is 134 cm³/mol. The number of nitrogens with zero attached hydrogens (tertiary/aromatic N) is 1. The van der Waals surface area contributed by atoms with Gasteiger partial charge in [-0.05, 0) is 25.8 Å². The van der Waals surface area contributed by atoms with E-state index in [1.54, 1.807) is 13.8 Å². The number of epoxide rings is 1. The van der Waals surface area contributed by atoms with Crippen LogP contribution in [-0.2, 0) is 30.2 Å². The van der Waals surface area contributed by atoms with Crippen molar-refractivity contribution >= 4 is 28.9 Å². The number of ether oxygens (including phenoxy) is 3. The van der Waals surface area contributed by atoms with Crippen LogP contribution in [0.15, 0.2) is 48.8 Å². The molecule has 3 N–H and O–H groups in total. The van der Waals surface area contributed by atoms with Gasteiger partial charge in [0.2, 0.25) is 5.91 Å². The molecule has 3 rings (SSSR count). The highest BCUT2D eigenvalue weighted by Gasteiger charge is 2.50. The summed E-state index contributed by atoms with van der Waals surface area (Å²) in [6.07, 6.45) is 0.881. The van der Waals surface area contributed by atoms with Gasteiger partial charge < -0.3 is 30.2 Å². The lowest BCUT2D eigenvalue weighted by Gasteiger charge is -2.27. The van der Waals surface area contributed by atoms with Crippen LogP contribution in [0.2, 0.25) is 0 Å². The molecule has 194 valence electrons. The van der Waals surface area contributed by atoms with Gasteiger partial charge in [-0.25, -0.2) is 4.98 Å². The second kappa shape index (κ2) is 12.2. The number of hydrogen-bond donors (Lipinski definition) is 3. The maximum absolute atomic E-state index is 13.1. The average Bonchev–Trinajstić information content (AvgIpc) is 3.47. The van der Waals surface area contributed by atoms with Crippen molar-refractivity contribution in [3.05, 3.63) is 64.3 Å². The molecule has 1 saturated heterocycles. The molecular formula is C25H32N4O6S. The maximum Gasteiger partial charge on any atom is 0.263 e. The minimum absolute atomic E-state index is 0.0590.